The van der Waals surface area contributed by atoms with E-state index in [0.717, 1.165) is 4.47 Å². The number of anilines is 1. The molecule has 2 rings (SSSR count). The third kappa shape index (κ3) is 2.60. The number of aliphatic hydroxyl groups excluding tert-OH is 1. The zero-order chi connectivity index (χ0) is 13.1. The van der Waals surface area contributed by atoms with Crippen LogP contribution < -0.4 is 5.73 Å². The van der Waals surface area contributed by atoms with Gasteiger partial charge in [0, 0.05) is 15.7 Å². The second-order valence-electron chi connectivity index (χ2n) is 3.91. The summed E-state index contributed by atoms with van der Waals surface area (Å²) in [6, 6.07) is 13.8. The van der Waals surface area contributed by atoms with Gasteiger partial charge in [0.2, 0.25) is 0 Å². The molecule has 0 radical (unpaired) electrons. The van der Waals surface area contributed by atoms with E-state index in [1.807, 2.05) is 6.07 Å². The summed E-state index contributed by atoms with van der Waals surface area (Å²) in [6.07, 6.45) is -1.19. The van der Waals surface area contributed by atoms with Gasteiger partial charge in [-0.15, -0.1) is 0 Å². The Bertz CT molecular complexity index is 569. The molecular formula is C14H12BrNO2. The third-order valence-corrected chi connectivity index (χ3v) is 3.14. The van der Waals surface area contributed by atoms with E-state index in [0.29, 0.717) is 16.8 Å². The number of Topliss-reactive ketones (excluding diaryl/α,β-unsaturated/α-hetero) is 1. The number of nitrogens with two attached hydrogens (primary N) is 1. The quantitative estimate of drug-likeness (QED) is 0.677. The Labute approximate surface area is 113 Å². The van der Waals surface area contributed by atoms with E-state index >= 15 is 0 Å². The van der Waals surface area contributed by atoms with Crippen molar-refractivity contribution in [3.8, 4) is 0 Å². The van der Waals surface area contributed by atoms with Gasteiger partial charge in [0.05, 0.1) is 0 Å². The molecule has 0 aliphatic rings. The maximum Gasteiger partial charge on any atom is 0.197 e. The van der Waals surface area contributed by atoms with Gasteiger partial charge in [0.1, 0.15) is 6.10 Å². The van der Waals surface area contributed by atoms with E-state index in [9.17, 15) is 9.90 Å². The first-order valence-corrected chi connectivity index (χ1v) is 6.21. The minimum Gasteiger partial charge on any atom is -0.398 e. The summed E-state index contributed by atoms with van der Waals surface area (Å²) >= 11 is 3.28. The second kappa shape index (κ2) is 5.33. The number of halogens is 1. The Morgan fingerprint density at radius 2 is 1.83 bits per heavy atom. The number of rotatable bonds is 3. The number of carbonyl (C=O) groups excluding carboxylic acids is 1. The summed E-state index contributed by atoms with van der Waals surface area (Å²) in [5, 5.41) is 10.0. The highest BCUT2D eigenvalue weighted by molar-refractivity contribution is 9.10. The lowest BCUT2D eigenvalue weighted by Crippen LogP contribution is -2.14. The molecular weight excluding hydrogens is 294 g/mol. The van der Waals surface area contributed by atoms with Crippen molar-refractivity contribution in [3.63, 3.8) is 0 Å². The minimum absolute atomic E-state index is 0.320. The smallest absolute Gasteiger partial charge is 0.197 e. The summed E-state index contributed by atoms with van der Waals surface area (Å²) in [7, 11) is 0. The molecule has 1 atom stereocenters. The van der Waals surface area contributed by atoms with E-state index in [1.165, 1.54) is 0 Å². The Balaban J connectivity index is 2.34. The fraction of sp³-hybridized carbons (Fsp3) is 0.0714. The van der Waals surface area contributed by atoms with Crippen LogP contribution in [0.15, 0.2) is 53.0 Å². The molecule has 0 aliphatic heterocycles. The molecule has 0 aromatic heterocycles. The van der Waals surface area contributed by atoms with Crippen molar-refractivity contribution < 1.29 is 9.90 Å². The normalized spacial score (nSPS) is 12.1. The van der Waals surface area contributed by atoms with Crippen LogP contribution in [-0.2, 0) is 0 Å². The maximum absolute atomic E-state index is 12.2. The standard InChI is InChI=1S/C14H12BrNO2/c15-10-6-7-12(16)11(8-10)14(18)13(17)9-4-2-1-3-5-9/h1-8,13,17H,16H2. The molecule has 0 heterocycles. The monoisotopic (exact) mass is 305 g/mol. The Kier molecular flexibility index (Phi) is 3.79. The molecule has 92 valence electrons. The number of aliphatic hydroxyl groups is 1. The molecule has 1 unspecified atom stereocenters. The fourth-order valence-electron chi connectivity index (χ4n) is 1.68. The highest BCUT2D eigenvalue weighted by Gasteiger charge is 2.21. The van der Waals surface area contributed by atoms with Crippen molar-refractivity contribution in [2.75, 3.05) is 5.73 Å². The number of carbonyl (C=O) groups is 1. The first-order chi connectivity index (χ1) is 8.59. The van der Waals surface area contributed by atoms with Gasteiger partial charge in [-0.3, -0.25) is 4.79 Å². The van der Waals surface area contributed by atoms with E-state index in [-0.39, 0.29) is 0 Å². The maximum atomic E-state index is 12.2. The molecule has 3 N–H and O–H groups in total. The van der Waals surface area contributed by atoms with Crippen molar-refractivity contribution >= 4 is 27.4 Å². The Hall–Kier alpha value is -1.65. The predicted molar refractivity (Wildman–Crippen MR) is 74.3 cm³/mol. The van der Waals surface area contributed by atoms with Crippen LogP contribution in [0.5, 0.6) is 0 Å². The molecule has 0 saturated carbocycles. The second-order valence-corrected chi connectivity index (χ2v) is 4.82. The molecule has 0 bridgehead atoms. The summed E-state index contributed by atoms with van der Waals surface area (Å²) in [5.41, 5.74) is 6.99. The summed E-state index contributed by atoms with van der Waals surface area (Å²) in [5.74, 6) is -0.403. The van der Waals surface area contributed by atoms with E-state index < -0.39 is 11.9 Å². The SMILES string of the molecule is Nc1ccc(Br)cc1C(=O)C(O)c1ccccc1. The first-order valence-electron chi connectivity index (χ1n) is 5.42. The molecule has 0 aliphatic carbocycles. The van der Waals surface area contributed by atoms with Crippen molar-refractivity contribution in [2.45, 2.75) is 6.10 Å². The summed E-state index contributed by atoms with van der Waals surface area (Å²) in [6.45, 7) is 0. The summed E-state index contributed by atoms with van der Waals surface area (Å²) in [4.78, 5) is 12.2. The van der Waals surface area contributed by atoms with Gasteiger partial charge in [-0.05, 0) is 23.8 Å². The average molecular weight is 306 g/mol. The molecule has 18 heavy (non-hydrogen) atoms. The van der Waals surface area contributed by atoms with E-state index in [2.05, 4.69) is 15.9 Å². The Morgan fingerprint density at radius 1 is 1.17 bits per heavy atom. The minimum atomic E-state index is -1.19. The van der Waals surface area contributed by atoms with Gasteiger partial charge in [0.15, 0.2) is 5.78 Å². The summed E-state index contributed by atoms with van der Waals surface area (Å²) < 4.78 is 0.750. The number of ketones is 1. The molecule has 0 saturated heterocycles. The van der Waals surface area contributed by atoms with E-state index in [1.54, 1.807) is 42.5 Å². The first kappa shape index (κ1) is 12.8. The number of hydrogen-bond donors (Lipinski definition) is 2. The highest BCUT2D eigenvalue weighted by Crippen LogP contribution is 2.24. The molecule has 0 spiro atoms. The number of nitrogen functional groups attached to an aromatic ring is 1. The third-order valence-electron chi connectivity index (χ3n) is 2.64. The van der Waals surface area contributed by atoms with Crippen LogP contribution >= 0.6 is 15.9 Å². The van der Waals surface area contributed by atoms with Crippen LogP contribution in [0.4, 0.5) is 5.69 Å². The van der Waals surface area contributed by atoms with Crippen LogP contribution in [0.2, 0.25) is 0 Å². The topological polar surface area (TPSA) is 63.3 Å². The molecule has 0 amide bonds. The number of benzene rings is 2. The van der Waals surface area contributed by atoms with Gasteiger partial charge in [-0.1, -0.05) is 46.3 Å². The van der Waals surface area contributed by atoms with Crippen molar-refractivity contribution in [3.05, 3.63) is 64.1 Å². The predicted octanol–water partition coefficient (Wildman–Crippen LogP) is 2.95. The van der Waals surface area contributed by atoms with Crippen molar-refractivity contribution in [1.29, 1.82) is 0 Å². The van der Waals surface area contributed by atoms with Gasteiger partial charge < -0.3 is 10.8 Å². The van der Waals surface area contributed by atoms with Gasteiger partial charge >= 0.3 is 0 Å². The lowest BCUT2D eigenvalue weighted by Gasteiger charge is -2.11. The van der Waals surface area contributed by atoms with Crippen LogP contribution in [0.1, 0.15) is 22.0 Å². The van der Waals surface area contributed by atoms with Crippen LogP contribution in [0.25, 0.3) is 0 Å². The lowest BCUT2D eigenvalue weighted by molar-refractivity contribution is 0.0748. The number of hydrogen-bond acceptors (Lipinski definition) is 3. The molecule has 0 fully saturated rings. The van der Waals surface area contributed by atoms with Crippen LogP contribution in [-0.4, -0.2) is 10.9 Å². The van der Waals surface area contributed by atoms with Crippen molar-refractivity contribution in [1.82, 2.24) is 0 Å². The van der Waals surface area contributed by atoms with Gasteiger partial charge in [-0.25, -0.2) is 0 Å². The molecule has 4 heteroatoms. The van der Waals surface area contributed by atoms with Crippen LogP contribution in [0.3, 0.4) is 0 Å². The average Bonchev–Trinajstić information content (AvgIpc) is 2.41. The van der Waals surface area contributed by atoms with Crippen molar-refractivity contribution in [2.24, 2.45) is 0 Å². The van der Waals surface area contributed by atoms with Crippen LogP contribution in [0, 0.1) is 0 Å². The lowest BCUT2D eigenvalue weighted by atomic mass is 9.99. The zero-order valence-electron chi connectivity index (χ0n) is 9.51. The zero-order valence-corrected chi connectivity index (χ0v) is 11.1. The van der Waals surface area contributed by atoms with Gasteiger partial charge in [0.25, 0.3) is 0 Å². The van der Waals surface area contributed by atoms with Gasteiger partial charge in [-0.2, -0.15) is 0 Å². The van der Waals surface area contributed by atoms with E-state index in [4.69, 9.17) is 5.73 Å². The molecule has 3 nitrogen and oxygen atoms in total. The fourth-order valence-corrected chi connectivity index (χ4v) is 2.04. The molecule has 2 aromatic rings. The largest absolute Gasteiger partial charge is 0.398 e. The molecule has 2 aromatic carbocycles. The highest BCUT2D eigenvalue weighted by atomic mass is 79.9. The Morgan fingerprint density at radius 3 is 2.50 bits per heavy atom.